The molecule has 20 heavy (non-hydrogen) atoms. The van der Waals surface area contributed by atoms with Crippen molar-refractivity contribution in [3.05, 3.63) is 51.0 Å². The van der Waals surface area contributed by atoms with E-state index in [1.165, 1.54) is 0 Å². The summed E-state index contributed by atoms with van der Waals surface area (Å²) in [6, 6.07) is 5.42. The second-order valence-electron chi connectivity index (χ2n) is 5.48. The molecule has 0 bridgehead atoms. The maximum atomic E-state index is 13.6. The highest BCUT2D eigenvalue weighted by Crippen LogP contribution is 2.35. The fraction of sp³-hybridized carbons (Fsp3) is 0.375. The molecule has 1 aromatic carbocycles. The summed E-state index contributed by atoms with van der Waals surface area (Å²) in [6.45, 7) is 3.94. The largest absolute Gasteiger partial charge is 0.388 e. The van der Waals surface area contributed by atoms with Crippen LogP contribution >= 0.6 is 15.9 Å². The van der Waals surface area contributed by atoms with E-state index < -0.39 is 0 Å². The normalized spacial score (nSPS) is 18.1. The van der Waals surface area contributed by atoms with Crippen molar-refractivity contribution in [1.82, 2.24) is 4.57 Å². The Labute approximate surface area is 126 Å². The number of hydrogen-bond donors (Lipinski definition) is 1. The Bertz CT molecular complexity index is 678. The van der Waals surface area contributed by atoms with Crippen LogP contribution in [-0.2, 0) is 6.42 Å². The van der Waals surface area contributed by atoms with Gasteiger partial charge in [-0.3, -0.25) is 0 Å². The summed E-state index contributed by atoms with van der Waals surface area (Å²) in [5, 5.41) is 10.1. The minimum Gasteiger partial charge on any atom is -0.388 e. The van der Waals surface area contributed by atoms with Crippen LogP contribution in [0.5, 0.6) is 0 Å². The lowest BCUT2D eigenvalue weighted by Crippen LogP contribution is -2.12. The van der Waals surface area contributed by atoms with Crippen molar-refractivity contribution in [2.24, 2.45) is 0 Å². The van der Waals surface area contributed by atoms with Crippen LogP contribution in [0.4, 0.5) is 4.39 Å². The first kappa shape index (κ1) is 13.8. The standard InChI is InChI=1S/C16H17BrFNO/c1-9-6-13(18)12(17)8-15(9)19-10(2)7-11-14(19)4-3-5-16(11)20/h6-8,16,20H,3-5H2,1-2H3. The Morgan fingerprint density at radius 3 is 2.80 bits per heavy atom. The van der Waals surface area contributed by atoms with Gasteiger partial charge in [-0.05, 0) is 72.8 Å². The van der Waals surface area contributed by atoms with E-state index in [-0.39, 0.29) is 11.9 Å². The molecule has 2 aromatic rings. The van der Waals surface area contributed by atoms with Crippen molar-refractivity contribution in [1.29, 1.82) is 0 Å². The maximum absolute atomic E-state index is 13.6. The van der Waals surface area contributed by atoms with Crippen molar-refractivity contribution in [2.75, 3.05) is 0 Å². The number of aryl methyl sites for hydroxylation is 2. The number of aliphatic hydroxyl groups excluding tert-OH is 1. The molecule has 1 atom stereocenters. The highest BCUT2D eigenvalue weighted by molar-refractivity contribution is 9.10. The summed E-state index contributed by atoms with van der Waals surface area (Å²) >= 11 is 3.26. The summed E-state index contributed by atoms with van der Waals surface area (Å²) in [5.74, 6) is -0.245. The molecule has 1 aliphatic carbocycles. The first-order chi connectivity index (χ1) is 9.49. The van der Waals surface area contributed by atoms with E-state index in [0.717, 1.165) is 47.5 Å². The zero-order valence-corrected chi connectivity index (χ0v) is 13.2. The Morgan fingerprint density at radius 2 is 2.05 bits per heavy atom. The molecule has 0 amide bonds. The second-order valence-corrected chi connectivity index (χ2v) is 6.34. The molecular weight excluding hydrogens is 321 g/mol. The number of halogens is 2. The fourth-order valence-electron chi connectivity index (χ4n) is 3.09. The third-order valence-electron chi connectivity index (χ3n) is 4.05. The van der Waals surface area contributed by atoms with Crippen LogP contribution in [-0.4, -0.2) is 9.67 Å². The van der Waals surface area contributed by atoms with Gasteiger partial charge in [0.15, 0.2) is 0 Å². The van der Waals surface area contributed by atoms with Crippen LogP contribution in [0.1, 0.15) is 41.5 Å². The van der Waals surface area contributed by atoms with Crippen LogP contribution in [0.25, 0.3) is 5.69 Å². The van der Waals surface area contributed by atoms with Gasteiger partial charge in [0, 0.05) is 22.6 Å². The molecule has 2 nitrogen and oxygen atoms in total. The molecule has 1 heterocycles. The number of aliphatic hydroxyl groups is 1. The molecule has 0 radical (unpaired) electrons. The Kier molecular flexibility index (Phi) is 3.46. The monoisotopic (exact) mass is 337 g/mol. The van der Waals surface area contributed by atoms with Gasteiger partial charge in [0.2, 0.25) is 0 Å². The minimum absolute atomic E-state index is 0.245. The summed E-state index contributed by atoms with van der Waals surface area (Å²) in [7, 11) is 0. The van der Waals surface area contributed by atoms with Crippen molar-refractivity contribution in [3.63, 3.8) is 0 Å². The van der Waals surface area contributed by atoms with Gasteiger partial charge in [0.1, 0.15) is 5.82 Å². The van der Waals surface area contributed by atoms with E-state index >= 15 is 0 Å². The molecule has 0 saturated carbocycles. The van der Waals surface area contributed by atoms with Gasteiger partial charge in [-0.1, -0.05) is 0 Å². The highest BCUT2D eigenvalue weighted by atomic mass is 79.9. The molecule has 1 N–H and O–H groups in total. The molecule has 3 rings (SSSR count). The number of aromatic nitrogens is 1. The van der Waals surface area contributed by atoms with E-state index in [1.54, 1.807) is 6.07 Å². The lowest BCUT2D eigenvalue weighted by Gasteiger charge is -2.21. The molecule has 0 spiro atoms. The SMILES string of the molecule is Cc1cc(F)c(Br)cc1-n1c(C)cc2c1CCCC2O. The number of benzene rings is 1. The van der Waals surface area contributed by atoms with Crippen LogP contribution in [0.3, 0.4) is 0 Å². The average molecular weight is 338 g/mol. The summed E-state index contributed by atoms with van der Waals surface area (Å²) < 4.78 is 16.2. The Balaban J connectivity index is 2.23. The summed E-state index contributed by atoms with van der Waals surface area (Å²) in [5.41, 5.74) is 5.13. The highest BCUT2D eigenvalue weighted by Gasteiger charge is 2.24. The molecule has 1 aromatic heterocycles. The zero-order chi connectivity index (χ0) is 14.4. The number of fused-ring (bicyclic) bond motifs is 1. The van der Waals surface area contributed by atoms with Crippen LogP contribution in [0.2, 0.25) is 0 Å². The van der Waals surface area contributed by atoms with E-state index in [0.29, 0.717) is 4.47 Å². The number of nitrogens with zero attached hydrogens (tertiary/aromatic N) is 1. The number of hydrogen-bond acceptors (Lipinski definition) is 1. The van der Waals surface area contributed by atoms with E-state index in [4.69, 9.17) is 0 Å². The number of rotatable bonds is 1. The molecule has 1 aliphatic rings. The first-order valence-electron chi connectivity index (χ1n) is 6.84. The van der Waals surface area contributed by atoms with Crippen molar-refractivity contribution in [2.45, 2.75) is 39.2 Å². The van der Waals surface area contributed by atoms with Crippen molar-refractivity contribution in [3.8, 4) is 5.69 Å². The average Bonchev–Trinajstić information content (AvgIpc) is 2.72. The molecular formula is C16H17BrFNO. The molecule has 0 aliphatic heterocycles. The summed E-state index contributed by atoms with van der Waals surface area (Å²) in [6.07, 6.45) is 2.39. The van der Waals surface area contributed by atoms with E-state index in [1.807, 2.05) is 19.9 Å². The third kappa shape index (κ3) is 2.11. The van der Waals surface area contributed by atoms with Gasteiger partial charge in [0.25, 0.3) is 0 Å². The smallest absolute Gasteiger partial charge is 0.137 e. The van der Waals surface area contributed by atoms with Gasteiger partial charge in [-0.15, -0.1) is 0 Å². The molecule has 0 saturated heterocycles. The van der Waals surface area contributed by atoms with E-state index in [2.05, 4.69) is 26.6 Å². The molecule has 4 heteroatoms. The van der Waals surface area contributed by atoms with Crippen molar-refractivity contribution >= 4 is 15.9 Å². The Morgan fingerprint density at radius 1 is 1.30 bits per heavy atom. The molecule has 106 valence electrons. The van der Waals surface area contributed by atoms with Crippen LogP contribution in [0.15, 0.2) is 22.7 Å². The van der Waals surface area contributed by atoms with Gasteiger partial charge in [-0.2, -0.15) is 0 Å². The van der Waals surface area contributed by atoms with Gasteiger partial charge in [0.05, 0.1) is 10.6 Å². The fourth-order valence-corrected chi connectivity index (χ4v) is 3.42. The van der Waals surface area contributed by atoms with Gasteiger partial charge < -0.3 is 9.67 Å². The lowest BCUT2D eigenvalue weighted by atomic mass is 9.95. The molecule has 0 fully saturated rings. The van der Waals surface area contributed by atoms with Crippen molar-refractivity contribution < 1.29 is 9.50 Å². The zero-order valence-electron chi connectivity index (χ0n) is 11.6. The predicted molar refractivity (Wildman–Crippen MR) is 80.8 cm³/mol. The quantitative estimate of drug-likeness (QED) is 0.821. The van der Waals surface area contributed by atoms with Gasteiger partial charge >= 0.3 is 0 Å². The molecule has 1 unspecified atom stereocenters. The predicted octanol–water partition coefficient (Wildman–Crippen LogP) is 4.37. The third-order valence-corrected chi connectivity index (χ3v) is 4.66. The topological polar surface area (TPSA) is 25.2 Å². The maximum Gasteiger partial charge on any atom is 0.137 e. The van der Waals surface area contributed by atoms with Gasteiger partial charge in [-0.25, -0.2) is 4.39 Å². The van der Waals surface area contributed by atoms with E-state index in [9.17, 15) is 9.50 Å². The van der Waals surface area contributed by atoms with Crippen LogP contribution < -0.4 is 0 Å². The first-order valence-corrected chi connectivity index (χ1v) is 7.63. The Hall–Kier alpha value is -1.13. The van der Waals surface area contributed by atoms with Crippen LogP contribution in [0, 0.1) is 19.7 Å². The minimum atomic E-state index is -0.372. The second kappa shape index (κ2) is 5.01. The lowest BCUT2D eigenvalue weighted by molar-refractivity contribution is 0.156. The summed E-state index contributed by atoms with van der Waals surface area (Å²) in [4.78, 5) is 0.